The van der Waals surface area contributed by atoms with Gasteiger partial charge in [0.1, 0.15) is 43.2 Å². The van der Waals surface area contributed by atoms with Gasteiger partial charge in [-0.2, -0.15) is 0 Å². The Bertz CT molecular complexity index is 1330. The first-order valence-corrected chi connectivity index (χ1v) is 24.7. The second-order valence-corrected chi connectivity index (χ2v) is 17.5. The van der Waals surface area contributed by atoms with Crippen LogP contribution in [0.4, 0.5) is 0 Å². The highest BCUT2D eigenvalue weighted by Gasteiger charge is 2.51. The SMILES string of the molecule is CCCCC/C=C\C[C@H](O)/C=C/C=C\C/C=C\CCCC(=O)O[C@H](COC(=O)CCCCCCC/C=C\CCCCCCCC)COP(=O)(O)OC1[C@H](O)[C@H](O)C(O)[C@H](O)[C@H]1O. The van der Waals surface area contributed by atoms with Gasteiger partial charge in [-0.3, -0.25) is 18.6 Å². The molecule has 14 nitrogen and oxygen atoms in total. The number of phosphoric acid groups is 1. The van der Waals surface area contributed by atoms with Crippen LogP contribution in [0.1, 0.15) is 162 Å². The fourth-order valence-electron chi connectivity index (χ4n) is 6.59. The molecular weight excluding hydrogens is 819 g/mol. The topological polar surface area (TPSA) is 230 Å². The van der Waals surface area contributed by atoms with E-state index in [9.17, 15) is 49.7 Å². The largest absolute Gasteiger partial charge is 0.472 e. The maximum Gasteiger partial charge on any atom is 0.472 e. The molecule has 0 aromatic carbocycles. The average molecular weight is 901 g/mol. The van der Waals surface area contributed by atoms with Crippen LogP contribution in [-0.4, -0.2) is 110 Å². The van der Waals surface area contributed by atoms with Gasteiger partial charge in [0.2, 0.25) is 0 Å². The zero-order chi connectivity index (χ0) is 45.9. The summed E-state index contributed by atoms with van der Waals surface area (Å²) in [7, 11) is -5.15. The quantitative estimate of drug-likeness (QED) is 0.0103. The average Bonchev–Trinajstić information content (AvgIpc) is 3.25. The van der Waals surface area contributed by atoms with Gasteiger partial charge in [0.25, 0.3) is 0 Å². The lowest BCUT2D eigenvalue weighted by Crippen LogP contribution is -2.64. The molecule has 1 saturated carbocycles. The second kappa shape index (κ2) is 36.8. The molecule has 0 saturated heterocycles. The van der Waals surface area contributed by atoms with Crippen LogP contribution in [0.3, 0.4) is 0 Å². The van der Waals surface area contributed by atoms with Crippen molar-refractivity contribution in [1.29, 1.82) is 0 Å². The summed E-state index contributed by atoms with van der Waals surface area (Å²) in [6.45, 7) is 3.13. The van der Waals surface area contributed by atoms with Crippen molar-refractivity contribution in [2.24, 2.45) is 0 Å². The fourth-order valence-corrected chi connectivity index (χ4v) is 7.57. The minimum Gasteiger partial charge on any atom is -0.462 e. The molecule has 62 heavy (non-hydrogen) atoms. The van der Waals surface area contributed by atoms with E-state index < -0.39 is 81.8 Å². The number of hydrogen-bond acceptors (Lipinski definition) is 13. The van der Waals surface area contributed by atoms with E-state index in [4.69, 9.17) is 18.5 Å². The molecule has 15 heteroatoms. The maximum absolute atomic E-state index is 12.8. The van der Waals surface area contributed by atoms with Gasteiger partial charge in [-0.25, -0.2) is 4.57 Å². The van der Waals surface area contributed by atoms with Crippen molar-refractivity contribution in [3.05, 3.63) is 60.8 Å². The molecule has 3 unspecified atom stereocenters. The standard InChI is InChI=1S/C47H81O14P/c1-3-5-7-9-11-12-13-14-15-16-17-18-22-26-30-34-40(49)58-36-39(37-59-62(56,57)61-47-45(54)43(52)42(51)44(53)46(47)55)60-41(50)35-31-27-23-20-19-21-25-29-33-38(48)32-28-24-10-8-6-4-2/h14-15,20-21,23-25,28-29,33,38-39,42-48,51-55H,3-13,16-19,22,26-27,30-32,34-37H2,1-2H3,(H,56,57)/b15-14-,23-20-,25-21-,28-24-,33-29+/t38-,39+,42?,43-,44+,45+,46+,47?/m0/s1. The number of aliphatic hydroxyl groups is 6. The van der Waals surface area contributed by atoms with Crippen molar-refractivity contribution in [3.8, 4) is 0 Å². The highest BCUT2D eigenvalue weighted by molar-refractivity contribution is 7.47. The van der Waals surface area contributed by atoms with Gasteiger partial charge < -0.3 is 45.0 Å². The lowest BCUT2D eigenvalue weighted by Gasteiger charge is -2.41. The van der Waals surface area contributed by atoms with Gasteiger partial charge in [-0.1, -0.05) is 139 Å². The lowest BCUT2D eigenvalue weighted by molar-refractivity contribution is -0.220. The molecule has 0 heterocycles. The molecule has 358 valence electrons. The van der Waals surface area contributed by atoms with E-state index in [-0.39, 0.29) is 12.8 Å². The molecule has 0 radical (unpaired) electrons. The summed E-state index contributed by atoms with van der Waals surface area (Å²) >= 11 is 0. The van der Waals surface area contributed by atoms with Crippen LogP contribution in [0, 0.1) is 0 Å². The molecule has 0 amide bonds. The number of aliphatic hydroxyl groups excluding tert-OH is 6. The third kappa shape index (κ3) is 29.1. The predicted molar refractivity (Wildman–Crippen MR) is 241 cm³/mol. The summed E-state index contributed by atoms with van der Waals surface area (Å²) in [6, 6.07) is 0. The van der Waals surface area contributed by atoms with Crippen LogP contribution < -0.4 is 0 Å². The predicted octanol–water partition coefficient (Wildman–Crippen LogP) is 7.92. The van der Waals surface area contributed by atoms with Crippen molar-refractivity contribution in [2.45, 2.75) is 210 Å². The molecular formula is C47H81O14P. The number of ether oxygens (including phenoxy) is 2. The van der Waals surface area contributed by atoms with Gasteiger partial charge >= 0.3 is 19.8 Å². The summed E-state index contributed by atoms with van der Waals surface area (Å²) in [5.74, 6) is -1.22. The molecule has 0 aliphatic heterocycles. The van der Waals surface area contributed by atoms with Crippen LogP contribution in [0.2, 0.25) is 0 Å². The minimum atomic E-state index is -5.15. The smallest absolute Gasteiger partial charge is 0.462 e. The van der Waals surface area contributed by atoms with Crippen LogP contribution in [0.25, 0.3) is 0 Å². The molecule has 0 aromatic heterocycles. The normalized spacial score (nSPS) is 22.9. The van der Waals surface area contributed by atoms with E-state index in [1.165, 1.54) is 51.4 Å². The lowest BCUT2D eigenvalue weighted by atomic mass is 9.85. The van der Waals surface area contributed by atoms with E-state index in [1.54, 1.807) is 12.2 Å². The minimum absolute atomic E-state index is 0.0148. The summed E-state index contributed by atoms with van der Waals surface area (Å²) in [4.78, 5) is 35.7. The monoisotopic (exact) mass is 901 g/mol. The molecule has 9 atom stereocenters. The Morgan fingerprint density at radius 3 is 1.73 bits per heavy atom. The Kier molecular flexibility index (Phi) is 34.2. The van der Waals surface area contributed by atoms with Crippen molar-refractivity contribution >= 4 is 19.8 Å². The maximum atomic E-state index is 12.8. The fraction of sp³-hybridized carbons (Fsp3) is 0.745. The van der Waals surface area contributed by atoms with Crippen molar-refractivity contribution in [3.63, 3.8) is 0 Å². The van der Waals surface area contributed by atoms with Crippen LogP contribution in [0.15, 0.2) is 60.8 Å². The Morgan fingerprint density at radius 2 is 1.08 bits per heavy atom. The number of unbranched alkanes of at least 4 members (excludes halogenated alkanes) is 15. The van der Waals surface area contributed by atoms with E-state index in [0.29, 0.717) is 32.1 Å². The highest BCUT2D eigenvalue weighted by atomic mass is 31.2. The number of carbonyl (C=O) groups is 2. The molecule has 1 aliphatic carbocycles. The molecule has 7 N–H and O–H groups in total. The zero-order valence-corrected chi connectivity index (χ0v) is 38.4. The summed E-state index contributed by atoms with van der Waals surface area (Å²) < 4.78 is 33.4. The summed E-state index contributed by atoms with van der Waals surface area (Å²) in [5, 5.41) is 60.2. The Hall–Kier alpha value is -2.49. The van der Waals surface area contributed by atoms with E-state index in [0.717, 1.165) is 51.4 Å². The molecule has 1 rings (SSSR count). The van der Waals surface area contributed by atoms with Crippen molar-refractivity contribution in [2.75, 3.05) is 13.2 Å². The first-order chi connectivity index (χ1) is 29.8. The summed E-state index contributed by atoms with van der Waals surface area (Å²) in [5.41, 5.74) is 0. The second-order valence-electron chi connectivity index (χ2n) is 16.1. The van der Waals surface area contributed by atoms with Crippen LogP contribution in [0.5, 0.6) is 0 Å². The van der Waals surface area contributed by atoms with E-state index in [1.807, 2.05) is 30.4 Å². The number of hydrogen-bond donors (Lipinski definition) is 7. The first kappa shape index (κ1) is 57.5. The molecule has 0 bridgehead atoms. The third-order valence-corrected chi connectivity index (χ3v) is 11.4. The Balaban J connectivity index is 2.55. The van der Waals surface area contributed by atoms with Gasteiger partial charge in [-0.05, 0) is 70.6 Å². The van der Waals surface area contributed by atoms with Crippen LogP contribution in [-0.2, 0) is 32.7 Å². The number of allylic oxidation sites excluding steroid dienone is 8. The Labute approximate surface area is 371 Å². The molecule has 0 spiro atoms. The van der Waals surface area contributed by atoms with Crippen molar-refractivity contribution in [1.82, 2.24) is 0 Å². The highest BCUT2D eigenvalue weighted by Crippen LogP contribution is 2.47. The van der Waals surface area contributed by atoms with E-state index >= 15 is 0 Å². The first-order valence-electron chi connectivity index (χ1n) is 23.2. The number of esters is 2. The molecule has 1 fully saturated rings. The molecule has 0 aromatic rings. The van der Waals surface area contributed by atoms with Gasteiger partial charge in [-0.15, -0.1) is 0 Å². The van der Waals surface area contributed by atoms with Crippen LogP contribution >= 0.6 is 7.82 Å². The van der Waals surface area contributed by atoms with Crippen molar-refractivity contribution < 1.29 is 68.2 Å². The van der Waals surface area contributed by atoms with Gasteiger partial charge in [0, 0.05) is 12.8 Å². The summed E-state index contributed by atoms with van der Waals surface area (Å²) in [6.07, 6.45) is 27.3. The van der Waals surface area contributed by atoms with Gasteiger partial charge in [0.05, 0.1) is 12.7 Å². The number of phosphoric ester groups is 1. The molecule has 1 aliphatic rings. The number of rotatable bonds is 37. The number of carbonyl (C=O) groups excluding carboxylic acids is 2. The zero-order valence-electron chi connectivity index (χ0n) is 37.5. The van der Waals surface area contributed by atoms with Gasteiger partial charge in [0.15, 0.2) is 6.10 Å². The van der Waals surface area contributed by atoms with E-state index in [2.05, 4.69) is 32.1 Å². The Morgan fingerprint density at radius 1 is 0.581 bits per heavy atom. The third-order valence-electron chi connectivity index (χ3n) is 10.4.